The monoisotopic (exact) mass is 2040 g/mol. The minimum atomic E-state index is -0.551. The summed E-state index contributed by atoms with van der Waals surface area (Å²) >= 11 is 0. The number of carbonyl (C=O) groups is 4. The molecule has 6 N–H and O–H groups in total. The Bertz CT molecular complexity index is 7060. The fourth-order valence-corrected chi connectivity index (χ4v) is 17.8. The van der Waals surface area contributed by atoms with Crippen molar-refractivity contribution < 1.29 is 70.2 Å². The number of hydrogen-bond acceptors (Lipinski definition) is 35. The molecule has 3 saturated carbocycles. The number of oxime groups is 5. The third-order valence-electron chi connectivity index (χ3n) is 25.8. The van der Waals surface area contributed by atoms with E-state index in [1.165, 1.54) is 43.7 Å². The molecule has 0 unspecified atom stereocenters. The van der Waals surface area contributed by atoms with E-state index in [0.717, 1.165) is 183 Å². The first-order chi connectivity index (χ1) is 70.7. The van der Waals surface area contributed by atoms with E-state index in [1.54, 1.807) is 4.90 Å². The van der Waals surface area contributed by atoms with E-state index in [-0.39, 0.29) is 128 Å². The smallest absolute Gasteiger partial charge is 0.407 e. The Morgan fingerprint density at radius 3 is 0.918 bits per heavy atom. The van der Waals surface area contributed by atoms with Crippen molar-refractivity contribution in [2.45, 2.75) is 332 Å². The second-order valence-electron chi connectivity index (χ2n) is 38.7. The number of fused-ring (bicyclic) bond motifs is 5. The highest BCUT2D eigenvalue weighted by atomic mass is 16.7. The fraction of sp³-hybridized carbons (Fsp3) is 0.573. The molecule has 0 atom stereocenters. The number of ether oxygens (including phenoxy) is 1. The molecule has 16 rings (SSSR count). The van der Waals surface area contributed by atoms with Crippen LogP contribution < -0.4 is 85.4 Å². The lowest BCUT2D eigenvalue weighted by molar-refractivity contribution is -0.139. The number of nitrogens with one attached hydrogen (secondary N) is 6. The Hall–Kier alpha value is -14.5. The Labute approximate surface area is 844 Å². The van der Waals surface area contributed by atoms with Gasteiger partial charge in [-0.1, -0.05) is 159 Å². The van der Waals surface area contributed by atoms with E-state index in [2.05, 4.69) is 109 Å². The number of hydrogen-bond donors (Lipinski definition) is 6. The predicted octanol–water partition coefficient (Wildman–Crippen LogP) is 14.5. The van der Waals surface area contributed by atoms with Crippen molar-refractivity contribution in [3.8, 4) is 30.1 Å². The normalized spacial score (nSPS) is 15.5. The lowest BCUT2D eigenvalue weighted by Crippen LogP contribution is -2.44. The average molecular weight is 2040 g/mol. The van der Waals surface area contributed by atoms with E-state index >= 15 is 0 Å². The molecule has 13 heterocycles. The molecular formula is C103H135N19O25. The van der Waals surface area contributed by atoms with Crippen LogP contribution in [0.1, 0.15) is 316 Å². The Balaban J connectivity index is 0.000000164. The van der Waals surface area contributed by atoms with E-state index in [4.69, 9.17) is 51.0 Å². The number of H-pyrrole nitrogens is 5. The molecule has 44 nitrogen and oxygen atoms in total. The minimum Gasteiger partial charge on any atom is -0.446 e. The van der Waals surface area contributed by atoms with Crippen LogP contribution in [0.25, 0.3) is 55.5 Å². The summed E-state index contributed by atoms with van der Waals surface area (Å²) in [7, 11) is 0. The van der Waals surface area contributed by atoms with Crippen molar-refractivity contribution in [3.05, 3.63) is 162 Å². The molecule has 792 valence electrons. The zero-order valence-electron chi connectivity index (χ0n) is 85.8. The van der Waals surface area contributed by atoms with Gasteiger partial charge in [0, 0.05) is 132 Å². The largest absolute Gasteiger partial charge is 0.446 e. The Morgan fingerprint density at radius 1 is 0.367 bits per heavy atom. The first kappa shape index (κ1) is 111. The maximum atomic E-state index is 12.6. The molecule has 3 aliphatic heterocycles. The van der Waals surface area contributed by atoms with Crippen LogP contribution in [0.5, 0.6) is 30.1 Å². The Kier molecular flexibility index (Phi) is 41.3. The molecule has 0 bridgehead atoms. The van der Waals surface area contributed by atoms with Crippen LogP contribution in [0.3, 0.4) is 0 Å². The molecule has 0 spiro atoms. The van der Waals surface area contributed by atoms with Gasteiger partial charge >= 0.3 is 64.3 Å². The van der Waals surface area contributed by atoms with Gasteiger partial charge < -0.3 is 71.0 Å². The molecule has 4 amide bonds. The molecular weight excluding hydrogens is 1900 g/mol. The lowest BCUT2D eigenvalue weighted by Gasteiger charge is -2.32. The maximum absolute atomic E-state index is 12.6. The van der Waals surface area contributed by atoms with Gasteiger partial charge in [0.05, 0.1) is 28.6 Å². The van der Waals surface area contributed by atoms with Crippen molar-refractivity contribution in [1.82, 2.24) is 69.9 Å². The second kappa shape index (κ2) is 54.6. The van der Waals surface area contributed by atoms with Gasteiger partial charge in [0.2, 0.25) is 46.3 Å². The van der Waals surface area contributed by atoms with Crippen LogP contribution in [-0.4, -0.2) is 168 Å². The standard InChI is InChI=1S/C24H32N4O6.C22H30N4O5.C21H28N4O5.C19H24N4O5.C17H21N3O4/c1-2-3-4-7-15-14-19(29)33-22-20(15)21(30)26-23(27-22)34-28-17-12-10-16(11-13-17)25-24(31)32-18-8-5-6-9-18;1-5-6-7-8-14-13-16(27)30-19-17(14)18(28)23-21(24-19)31-25-15-9-11-26(12-10-15)20(29)22(2,3)4;1-4-5-6-7-14-12-16(26)29-19-17(14)18(27)22-21(23-19)30-24-15-8-10-25(11-9-15)20(28)13(2)3;1-3-4-5-6-13-11-15(25)27-18-16(13)17(26)20-19(21-18)28-22-14-7-9-23(10-8-14)12(2)24;1-2-3-7-11-10-13(21)23-16-14(11)15(22)18-17(19-16)24-20-12-8-5-4-6-9-12/h14,16,18H,2-13H2,1H3,(H,25,31)(H,26,27,30);13H,5-12H2,1-4H3,(H,23,24,28);12-13H,4-11H2,1-3H3,(H,22,23,27);11H,3-10H2,1-2H3,(H,20,21,26);10H,2-9H2,1H3,(H,18,19,22). The van der Waals surface area contributed by atoms with Crippen molar-refractivity contribution in [2.24, 2.45) is 37.1 Å². The number of aromatic nitrogens is 10. The number of nitrogens with zero attached hydrogens (tertiary/aromatic N) is 13. The summed E-state index contributed by atoms with van der Waals surface area (Å²) in [5.74, 6) is 0.233. The second-order valence-corrected chi connectivity index (χ2v) is 38.7. The zero-order valence-corrected chi connectivity index (χ0v) is 85.8. The van der Waals surface area contributed by atoms with Crippen LogP contribution in [0.4, 0.5) is 4.79 Å². The number of likely N-dealkylation sites (tertiary alicyclic amines) is 3. The van der Waals surface area contributed by atoms with Crippen LogP contribution in [0, 0.1) is 11.3 Å². The van der Waals surface area contributed by atoms with Gasteiger partial charge in [0.25, 0.3) is 27.8 Å². The van der Waals surface area contributed by atoms with E-state index < -0.39 is 55.8 Å². The molecule has 10 aromatic heterocycles. The maximum Gasteiger partial charge on any atom is 0.407 e. The van der Waals surface area contributed by atoms with Gasteiger partial charge in [-0.2, -0.15) is 24.9 Å². The Morgan fingerprint density at radius 2 is 0.639 bits per heavy atom. The first-order valence-electron chi connectivity index (χ1n) is 51.5. The summed E-state index contributed by atoms with van der Waals surface area (Å²) in [6.45, 7) is 24.8. The van der Waals surface area contributed by atoms with Crippen LogP contribution in [0.15, 0.2) is 126 Å². The third-order valence-corrected chi connectivity index (χ3v) is 25.8. The molecule has 6 fully saturated rings. The number of carbonyl (C=O) groups excluding carboxylic acids is 4. The van der Waals surface area contributed by atoms with Gasteiger partial charge in [-0.3, -0.25) is 63.3 Å². The molecule has 0 aromatic carbocycles. The number of aryl methyl sites for hydroxylation is 5. The quantitative estimate of drug-likeness (QED) is 0.0168. The molecule has 147 heavy (non-hydrogen) atoms. The van der Waals surface area contributed by atoms with Crippen molar-refractivity contribution in [3.63, 3.8) is 0 Å². The molecule has 10 aromatic rings. The fourth-order valence-electron chi connectivity index (χ4n) is 17.8. The number of aromatic amines is 5. The highest BCUT2D eigenvalue weighted by Gasteiger charge is 2.32. The van der Waals surface area contributed by atoms with E-state index in [0.29, 0.717) is 156 Å². The average Bonchev–Trinajstić information content (AvgIpc) is 0.814. The van der Waals surface area contributed by atoms with Gasteiger partial charge in [-0.05, 0) is 169 Å². The molecule has 3 saturated heterocycles. The summed E-state index contributed by atoms with van der Waals surface area (Å²) in [6, 6.07) is 6.22. The highest BCUT2D eigenvalue weighted by Crippen LogP contribution is 2.28. The van der Waals surface area contributed by atoms with E-state index in [1.807, 2.05) is 51.3 Å². The van der Waals surface area contributed by atoms with E-state index in [9.17, 15) is 67.1 Å². The number of rotatable bonds is 32. The van der Waals surface area contributed by atoms with Gasteiger partial charge in [0.15, 0.2) is 0 Å². The number of alkyl carbamates (subject to hydrolysis) is 1. The summed E-state index contributed by atoms with van der Waals surface area (Å²) < 4.78 is 31.1. The summed E-state index contributed by atoms with van der Waals surface area (Å²) in [6.07, 6.45) is 31.8. The van der Waals surface area contributed by atoms with Crippen molar-refractivity contribution >= 4 is 108 Å². The molecule has 6 aliphatic rings. The van der Waals surface area contributed by atoms with Crippen LogP contribution in [-0.2, 0) is 51.2 Å². The summed E-state index contributed by atoms with van der Waals surface area (Å²) in [4.78, 5) is 235. The van der Waals surface area contributed by atoms with Gasteiger partial charge in [-0.25, -0.2) is 28.8 Å². The number of piperidine rings is 3. The summed E-state index contributed by atoms with van der Waals surface area (Å²) in [5.41, 5.74) is 1.82. The van der Waals surface area contributed by atoms with Gasteiger partial charge in [-0.15, -0.1) is 0 Å². The predicted molar refractivity (Wildman–Crippen MR) is 551 cm³/mol. The van der Waals surface area contributed by atoms with Crippen molar-refractivity contribution in [1.29, 1.82) is 0 Å². The molecule has 0 radical (unpaired) electrons. The van der Waals surface area contributed by atoms with Crippen LogP contribution >= 0.6 is 0 Å². The van der Waals surface area contributed by atoms with Crippen molar-refractivity contribution in [2.75, 3.05) is 39.3 Å². The summed E-state index contributed by atoms with van der Waals surface area (Å²) in [5, 5.41) is 24.7. The third kappa shape index (κ3) is 32.7. The number of unbranched alkanes of at least 4 members (excludes halogenated alkanes) is 9. The highest BCUT2D eigenvalue weighted by molar-refractivity contribution is 5.91. The molecule has 3 aliphatic carbocycles. The first-order valence-corrected chi connectivity index (χ1v) is 51.5. The lowest BCUT2D eigenvalue weighted by atomic mass is 9.93. The molecule has 44 heteroatoms. The van der Waals surface area contributed by atoms with Gasteiger partial charge in [0.1, 0.15) is 33.0 Å². The zero-order chi connectivity index (χ0) is 105. The van der Waals surface area contributed by atoms with Crippen LogP contribution in [0.2, 0.25) is 0 Å². The SMILES string of the molecule is CCCCCc1cc(=O)oc2nc(ON=C3CCC(NC(=O)OC4CCCC4)CC3)[nH]c(=O)c12.CCCCCc1cc(=O)oc2nc(ON=C3CCN(C(=O)C(C)(C)C)CC3)[nH]c(=O)c12.CCCCCc1cc(=O)oc2nc(ON=C3CCN(C(=O)C(C)C)CC3)[nH]c(=O)c12.CCCCCc1cc(=O)oc2nc(ON=C3CCN(C(C)=O)CC3)[nH]c(=O)c12.CCCCc1cc(=O)oc2nc(ON=C3CCCCC3)[nH]c(=O)c12. The minimum absolute atomic E-state index is 0.00352. The topological polar surface area (TPSA) is 587 Å². The number of amides is 4.